The van der Waals surface area contributed by atoms with Gasteiger partial charge >= 0.3 is 6.03 Å². The van der Waals surface area contributed by atoms with Crippen LogP contribution in [0.4, 0.5) is 14.9 Å². The van der Waals surface area contributed by atoms with E-state index in [1.807, 2.05) is 0 Å². The van der Waals surface area contributed by atoms with E-state index in [1.54, 1.807) is 31.7 Å². The van der Waals surface area contributed by atoms with Crippen LogP contribution in [0.2, 0.25) is 0 Å². The van der Waals surface area contributed by atoms with Crippen molar-refractivity contribution < 1.29 is 9.18 Å². The summed E-state index contributed by atoms with van der Waals surface area (Å²) in [5.74, 6) is -0.431. The molecule has 0 radical (unpaired) electrons. The molecule has 1 aromatic heterocycles. The summed E-state index contributed by atoms with van der Waals surface area (Å²) >= 11 is 3.06. The summed E-state index contributed by atoms with van der Waals surface area (Å²) in [6.07, 6.45) is 4.71. The largest absolute Gasteiger partial charge is 0.322 e. The minimum absolute atomic E-state index is 0.318. The minimum atomic E-state index is -0.431. The van der Waals surface area contributed by atoms with E-state index in [0.717, 1.165) is 0 Å². The van der Waals surface area contributed by atoms with Crippen molar-refractivity contribution in [3.05, 3.63) is 52.8 Å². The van der Waals surface area contributed by atoms with E-state index in [0.29, 0.717) is 22.4 Å². The van der Waals surface area contributed by atoms with Crippen molar-refractivity contribution in [2.45, 2.75) is 6.54 Å². The number of amides is 2. The molecule has 0 aliphatic rings. The predicted molar refractivity (Wildman–Crippen MR) is 76.6 cm³/mol. The molecule has 0 spiro atoms. The number of hydrogen-bond acceptors (Lipinski definition) is 3. The maximum atomic E-state index is 13.3. The van der Waals surface area contributed by atoms with Gasteiger partial charge in [-0.15, -0.1) is 0 Å². The highest BCUT2D eigenvalue weighted by molar-refractivity contribution is 9.10. The van der Waals surface area contributed by atoms with E-state index in [1.165, 1.54) is 17.0 Å². The van der Waals surface area contributed by atoms with Gasteiger partial charge in [-0.3, -0.25) is 9.97 Å². The maximum Gasteiger partial charge on any atom is 0.321 e. The van der Waals surface area contributed by atoms with Gasteiger partial charge in [0.15, 0.2) is 0 Å². The lowest BCUT2D eigenvalue weighted by Gasteiger charge is -2.17. The number of nitrogens with one attached hydrogen (secondary N) is 1. The second kappa shape index (κ2) is 6.42. The number of nitrogens with zero attached hydrogens (tertiary/aromatic N) is 3. The SMILES string of the molecule is CN(Cc1cnccn1)C(=O)Nc1ccc(Br)c(F)c1. The zero-order chi connectivity index (χ0) is 14.5. The summed E-state index contributed by atoms with van der Waals surface area (Å²) < 4.78 is 13.7. The van der Waals surface area contributed by atoms with E-state index in [2.05, 4.69) is 31.2 Å². The first-order chi connectivity index (χ1) is 9.56. The highest BCUT2D eigenvalue weighted by Gasteiger charge is 2.11. The molecule has 0 aliphatic carbocycles. The zero-order valence-electron chi connectivity index (χ0n) is 10.7. The molecule has 7 heteroatoms. The zero-order valence-corrected chi connectivity index (χ0v) is 12.3. The van der Waals surface area contributed by atoms with E-state index in [-0.39, 0.29) is 6.03 Å². The van der Waals surface area contributed by atoms with Gasteiger partial charge in [0.25, 0.3) is 0 Å². The number of hydrogen-bond donors (Lipinski definition) is 1. The Morgan fingerprint density at radius 3 is 2.90 bits per heavy atom. The lowest BCUT2D eigenvalue weighted by Crippen LogP contribution is -2.31. The van der Waals surface area contributed by atoms with Crippen molar-refractivity contribution in [1.29, 1.82) is 0 Å². The molecule has 2 aromatic rings. The van der Waals surface area contributed by atoms with Gasteiger partial charge in [0.1, 0.15) is 5.82 Å². The molecule has 0 fully saturated rings. The average Bonchev–Trinajstić information content (AvgIpc) is 2.44. The molecule has 104 valence electrons. The Bertz CT molecular complexity index is 609. The molecule has 0 saturated heterocycles. The smallest absolute Gasteiger partial charge is 0.321 e. The lowest BCUT2D eigenvalue weighted by atomic mass is 10.3. The standard InChI is InChI=1S/C13H12BrFN4O/c1-19(8-10-7-16-4-5-17-10)13(20)18-9-2-3-11(14)12(15)6-9/h2-7H,8H2,1H3,(H,18,20). The number of halogens is 2. The Morgan fingerprint density at radius 1 is 1.45 bits per heavy atom. The number of anilines is 1. The van der Waals surface area contributed by atoms with Crippen LogP contribution in [0, 0.1) is 5.82 Å². The molecule has 5 nitrogen and oxygen atoms in total. The molecule has 2 rings (SSSR count). The Kier molecular flexibility index (Phi) is 4.62. The number of aromatic nitrogens is 2. The lowest BCUT2D eigenvalue weighted by molar-refractivity contribution is 0.220. The molecule has 20 heavy (non-hydrogen) atoms. The Morgan fingerprint density at radius 2 is 2.25 bits per heavy atom. The van der Waals surface area contributed by atoms with Crippen LogP contribution >= 0.6 is 15.9 Å². The van der Waals surface area contributed by atoms with Gasteiger partial charge in [-0.05, 0) is 34.1 Å². The van der Waals surface area contributed by atoms with Crippen molar-refractivity contribution in [1.82, 2.24) is 14.9 Å². The summed E-state index contributed by atoms with van der Waals surface area (Å²) in [5, 5.41) is 2.61. The van der Waals surface area contributed by atoms with Crippen molar-refractivity contribution in [2.75, 3.05) is 12.4 Å². The molecule has 0 aliphatic heterocycles. The summed E-state index contributed by atoms with van der Waals surface area (Å²) in [7, 11) is 1.62. The van der Waals surface area contributed by atoms with Crippen LogP contribution in [-0.4, -0.2) is 27.9 Å². The van der Waals surface area contributed by atoms with Gasteiger partial charge in [-0.1, -0.05) is 0 Å². The van der Waals surface area contributed by atoms with Crippen molar-refractivity contribution in [3.63, 3.8) is 0 Å². The first-order valence-electron chi connectivity index (χ1n) is 5.78. The summed E-state index contributed by atoms with van der Waals surface area (Å²) in [4.78, 5) is 21.4. The van der Waals surface area contributed by atoms with Gasteiger partial charge in [0, 0.05) is 25.1 Å². The summed E-state index contributed by atoms with van der Waals surface area (Å²) in [5.41, 5.74) is 1.06. The van der Waals surface area contributed by atoms with Crippen molar-refractivity contribution in [3.8, 4) is 0 Å². The van der Waals surface area contributed by atoms with Gasteiger partial charge in [0.05, 0.1) is 22.9 Å². The second-order valence-electron chi connectivity index (χ2n) is 4.11. The summed E-state index contributed by atoms with van der Waals surface area (Å²) in [6.45, 7) is 0.318. The van der Waals surface area contributed by atoms with E-state index < -0.39 is 5.82 Å². The minimum Gasteiger partial charge on any atom is -0.322 e. The van der Waals surface area contributed by atoms with Crippen molar-refractivity contribution >= 4 is 27.6 Å². The van der Waals surface area contributed by atoms with Crippen LogP contribution in [0.15, 0.2) is 41.3 Å². The van der Waals surface area contributed by atoms with Crippen LogP contribution in [0.25, 0.3) is 0 Å². The van der Waals surface area contributed by atoms with Gasteiger partial charge in [-0.2, -0.15) is 0 Å². The number of rotatable bonds is 3. The Hall–Kier alpha value is -2.02. The predicted octanol–water partition coefficient (Wildman–Crippen LogP) is 3.04. The Labute approximate surface area is 124 Å². The molecular formula is C13H12BrFN4O. The van der Waals surface area contributed by atoms with E-state index in [4.69, 9.17) is 0 Å². The molecule has 1 N–H and O–H groups in total. The number of urea groups is 1. The molecule has 1 aromatic carbocycles. The first kappa shape index (κ1) is 14.4. The van der Waals surface area contributed by atoms with Gasteiger partial charge in [-0.25, -0.2) is 9.18 Å². The monoisotopic (exact) mass is 338 g/mol. The highest BCUT2D eigenvalue weighted by Crippen LogP contribution is 2.19. The van der Waals surface area contributed by atoms with E-state index >= 15 is 0 Å². The molecule has 0 atom stereocenters. The molecular weight excluding hydrogens is 327 g/mol. The molecule has 1 heterocycles. The Balaban J connectivity index is 1.99. The third-order valence-corrected chi connectivity index (χ3v) is 3.18. The van der Waals surface area contributed by atoms with Crippen LogP contribution in [-0.2, 0) is 6.54 Å². The van der Waals surface area contributed by atoms with Crippen molar-refractivity contribution in [2.24, 2.45) is 0 Å². The number of carbonyl (C=O) groups excluding carboxylic acids is 1. The van der Waals surface area contributed by atoms with Crippen LogP contribution < -0.4 is 5.32 Å². The number of benzene rings is 1. The molecule has 0 saturated carbocycles. The molecule has 0 unspecified atom stereocenters. The summed E-state index contributed by atoms with van der Waals surface area (Å²) in [6, 6.07) is 4.05. The van der Waals surface area contributed by atoms with Gasteiger partial charge in [0.2, 0.25) is 0 Å². The second-order valence-corrected chi connectivity index (χ2v) is 4.97. The molecule has 0 bridgehead atoms. The fraction of sp³-hybridized carbons (Fsp3) is 0.154. The normalized spacial score (nSPS) is 10.2. The maximum absolute atomic E-state index is 13.3. The quantitative estimate of drug-likeness (QED) is 0.935. The van der Waals surface area contributed by atoms with Crippen LogP contribution in [0.5, 0.6) is 0 Å². The first-order valence-corrected chi connectivity index (χ1v) is 6.57. The average molecular weight is 339 g/mol. The topological polar surface area (TPSA) is 58.1 Å². The fourth-order valence-electron chi connectivity index (χ4n) is 1.52. The van der Waals surface area contributed by atoms with Crippen LogP contribution in [0.3, 0.4) is 0 Å². The molecule has 2 amide bonds. The fourth-order valence-corrected chi connectivity index (χ4v) is 1.77. The highest BCUT2D eigenvalue weighted by atomic mass is 79.9. The number of carbonyl (C=O) groups is 1. The third-order valence-electron chi connectivity index (χ3n) is 2.53. The third kappa shape index (κ3) is 3.74. The van der Waals surface area contributed by atoms with Gasteiger partial charge < -0.3 is 10.2 Å². The van der Waals surface area contributed by atoms with E-state index in [9.17, 15) is 9.18 Å². The van der Waals surface area contributed by atoms with Crippen LogP contribution in [0.1, 0.15) is 5.69 Å².